The van der Waals surface area contributed by atoms with Gasteiger partial charge in [-0.1, -0.05) is 35.5 Å². The molecule has 1 aliphatic carbocycles. The summed E-state index contributed by atoms with van der Waals surface area (Å²) < 4.78 is 19.3. The predicted molar refractivity (Wildman–Crippen MR) is 121 cm³/mol. The summed E-state index contributed by atoms with van der Waals surface area (Å²) in [5.41, 5.74) is 6.64. The SMILES string of the molecule is COCCC=NOCCC1=C/C(=C/c2cc(F)c(SC)cc2C)c2ccccc21. The molecule has 2 aromatic rings. The van der Waals surface area contributed by atoms with Crippen LogP contribution in [0, 0.1) is 12.7 Å². The minimum absolute atomic E-state index is 0.176. The topological polar surface area (TPSA) is 30.8 Å². The number of hydrogen-bond donors (Lipinski definition) is 0. The number of hydrogen-bond acceptors (Lipinski definition) is 4. The smallest absolute Gasteiger partial charge is 0.137 e. The molecule has 0 fully saturated rings. The lowest BCUT2D eigenvalue weighted by atomic mass is 10.0. The van der Waals surface area contributed by atoms with Crippen LogP contribution in [0.4, 0.5) is 4.39 Å². The largest absolute Gasteiger partial charge is 0.396 e. The van der Waals surface area contributed by atoms with Crippen LogP contribution < -0.4 is 0 Å². The van der Waals surface area contributed by atoms with Gasteiger partial charge in [0, 0.05) is 31.1 Å². The van der Waals surface area contributed by atoms with E-state index in [9.17, 15) is 4.39 Å². The normalized spacial score (nSPS) is 14.5. The molecule has 0 radical (unpaired) electrons. The molecule has 5 heteroatoms. The first-order valence-electron chi connectivity index (χ1n) is 9.63. The van der Waals surface area contributed by atoms with Gasteiger partial charge in [-0.25, -0.2) is 4.39 Å². The Balaban J connectivity index is 1.78. The summed E-state index contributed by atoms with van der Waals surface area (Å²) in [5, 5.41) is 3.96. The van der Waals surface area contributed by atoms with Crippen molar-refractivity contribution >= 4 is 35.2 Å². The monoisotopic (exact) mass is 411 g/mol. The molecule has 1 aliphatic rings. The lowest BCUT2D eigenvalue weighted by Crippen LogP contribution is -1.93. The summed E-state index contributed by atoms with van der Waals surface area (Å²) in [6.07, 6.45) is 9.35. The zero-order chi connectivity index (χ0) is 20.6. The summed E-state index contributed by atoms with van der Waals surface area (Å²) >= 11 is 1.43. The van der Waals surface area contributed by atoms with Gasteiger partial charge in [0.05, 0.1) is 6.61 Å². The summed E-state index contributed by atoms with van der Waals surface area (Å²) in [4.78, 5) is 6.05. The Labute approximate surface area is 176 Å². The van der Waals surface area contributed by atoms with E-state index in [1.165, 1.54) is 28.5 Å². The van der Waals surface area contributed by atoms with E-state index in [1.807, 2.05) is 31.4 Å². The Morgan fingerprint density at radius 3 is 2.69 bits per heavy atom. The van der Waals surface area contributed by atoms with Crippen LogP contribution in [-0.2, 0) is 9.57 Å². The molecule has 2 aromatic carbocycles. The van der Waals surface area contributed by atoms with Crippen molar-refractivity contribution < 1.29 is 14.0 Å². The van der Waals surface area contributed by atoms with Crippen LogP contribution in [0.1, 0.15) is 35.1 Å². The molecule has 0 saturated heterocycles. The minimum atomic E-state index is -0.176. The Morgan fingerprint density at radius 2 is 1.93 bits per heavy atom. The molecule has 0 saturated carbocycles. The fraction of sp³-hybridized carbons (Fsp3) is 0.292. The molecule has 0 unspecified atom stereocenters. The van der Waals surface area contributed by atoms with Crippen LogP contribution in [0.3, 0.4) is 0 Å². The van der Waals surface area contributed by atoms with Gasteiger partial charge in [-0.3, -0.25) is 0 Å². The average Bonchev–Trinajstić information content (AvgIpc) is 3.07. The van der Waals surface area contributed by atoms with Gasteiger partial charge >= 0.3 is 0 Å². The molecular formula is C24H26FNO2S. The standard InChI is InChI=1S/C24H26FNO2S/c1-17-13-24(29-3)23(25)16-19(17)15-20-14-18(21-7-4-5-8-22(20)21)9-12-28-26-10-6-11-27-2/h4-5,7-8,10,13-16H,6,9,11-12H2,1-3H3/b20-15-,26-10?. The van der Waals surface area contributed by atoms with Gasteiger partial charge in [-0.15, -0.1) is 11.8 Å². The second kappa shape index (κ2) is 10.4. The highest BCUT2D eigenvalue weighted by Gasteiger charge is 2.18. The van der Waals surface area contributed by atoms with Gasteiger partial charge in [0.2, 0.25) is 0 Å². The molecule has 0 spiro atoms. The highest BCUT2D eigenvalue weighted by atomic mass is 32.2. The molecule has 0 heterocycles. The van der Waals surface area contributed by atoms with Gasteiger partial charge in [-0.05, 0) is 64.8 Å². The molecule has 0 amide bonds. The van der Waals surface area contributed by atoms with E-state index in [4.69, 9.17) is 9.57 Å². The summed E-state index contributed by atoms with van der Waals surface area (Å²) in [5.74, 6) is -0.176. The van der Waals surface area contributed by atoms with Crippen molar-refractivity contribution in [3.8, 4) is 0 Å². The molecule has 3 nitrogen and oxygen atoms in total. The van der Waals surface area contributed by atoms with Crippen LogP contribution in [0.25, 0.3) is 17.2 Å². The van der Waals surface area contributed by atoms with Crippen LogP contribution >= 0.6 is 11.8 Å². The quantitative estimate of drug-likeness (QED) is 0.212. The first kappa shape index (κ1) is 21.3. The lowest BCUT2D eigenvalue weighted by Gasteiger charge is -2.07. The summed E-state index contributed by atoms with van der Waals surface area (Å²) in [6.45, 7) is 3.16. The van der Waals surface area contributed by atoms with Gasteiger partial charge in [-0.2, -0.15) is 0 Å². The molecular weight excluding hydrogens is 385 g/mol. The van der Waals surface area contributed by atoms with Gasteiger partial charge in [0.15, 0.2) is 0 Å². The van der Waals surface area contributed by atoms with Gasteiger partial charge in [0.1, 0.15) is 12.4 Å². The molecule has 29 heavy (non-hydrogen) atoms. The molecule has 0 atom stereocenters. The van der Waals surface area contributed by atoms with E-state index in [-0.39, 0.29) is 5.82 Å². The molecule has 0 aliphatic heterocycles. The van der Waals surface area contributed by atoms with Gasteiger partial charge in [0.25, 0.3) is 0 Å². The van der Waals surface area contributed by atoms with E-state index in [1.54, 1.807) is 19.4 Å². The molecule has 0 bridgehead atoms. The number of fused-ring (bicyclic) bond motifs is 1. The van der Waals surface area contributed by atoms with Crippen molar-refractivity contribution in [1.82, 2.24) is 0 Å². The second-order valence-electron chi connectivity index (χ2n) is 6.81. The van der Waals surface area contributed by atoms with Crippen LogP contribution in [0.5, 0.6) is 0 Å². The number of rotatable bonds is 9. The molecule has 3 rings (SSSR count). The van der Waals surface area contributed by atoms with E-state index in [0.717, 1.165) is 29.5 Å². The maximum absolute atomic E-state index is 14.3. The van der Waals surface area contributed by atoms with E-state index >= 15 is 0 Å². The molecule has 0 N–H and O–H groups in total. The third-order valence-electron chi connectivity index (χ3n) is 4.83. The fourth-order valence-electron chi connectivity index (χ4n) is 3.32. The second-order valence-corrected chi connectivity index (χ2v) is 7.66. The Kier molecular flexibility index (Phi) is 7.67. The maximum Gasteiger partial charge on any atom is 0.137 e. The zero-order valence-corrected chi connectivity index (χ0v) is 17.9. The van der Waals surface area contributed by atoms with E-state index < -0.39 is 0 Å². The summed E-state index contributed by atoms with van der Waals surface area (Å²) in [6, 6.07) is 11.8. The minimum Gasteiger partial charge on any atom is -0.396 e. The number of methoxy groups -OCH3 is 1. The highest BCUT2D eigenvalue weighted by molar-refractivity contribution is 7.98. The summed E-state index contributed by atoms with van der Waals surface area (Å²) in [7, 11) is 1.66. The van der Waals surface area contributed by atoms with E-state index in [2.05, 4.69) is 29.4 Å². The molecule has 152 valence electrons. The third kappa shape index (κ3) is 5.37. The Bertz CT molecular complexity index is 950. The predicted octanol–water partition coefficient (Wildman–Crippen LogP) is 6.22. The van der Waals surface area contributed by atoms with Crippen molar-refractivity contribution in [2.75, 3.05) is 26.6 Å². The Hall–Kier alpha value is -2.37. The number of ether oxygens (including phenoxy) is 1. The lowest BCUT2D eigenvalue weighted by molar-refractivity contribution is 0.150. The average molecular weight is 412 g/mol. The maximum atomic E-state index is 14.3. The number of oxime groups is 1. The number of nitrogens with zero attached hydrogens (tertiary/aromatic N) is 1. The zero-order valence-electron chi connectivity index (χ0n) is 17.1. The van der Waals surface area contributed by atoms with Crippen molar-refractivity contribution in [2.24, 2.45) is 5.16 Å². The number of benzene rings is 2. The highest BCUT2D eigenvalue weighted by Crippen LogP contribution is 2.38. The first-order valence-corrected chi connectivity index (χ1v) is 10.9. The third-order valence-corrected chi connectivity index (χ3v) is 5.58. The van der Waals surface area contributed by atoms with Crippen LogP contribution in [0.2, 0.25) is 0 Å². The van der Waals surface area contributed by atoms with Crippen molar-refractivity contribution in [2.45, 2.75) is 24.7 Å². The number of allylic oxidation sites excluding steroid dienone is 2. The van der Waals surface area contributed by atoms with Crippen molar-refractivity contribution in [3.05, 3.63) is 70.5 Å². The van der Waals surface area contributed by atoms with Gasteiger partial charge < -0.3 is 9.57 Å². The first-order chi connectivity index (χ1) is 14.1. The van der Waals surface area contributed by atoms with Crippen LogP contribution in [0.15, 0.2) is 52.5 Å². The number of halogens is 1. The Morgan fingerprint density at radius 1 is 1.14 bits per heavy atom. The fourth-order valence-corrected chi connectivity index (χ4v) is 3.87. The molecule has 0 aromatic heterocycles. The number of aryl methyl sites for hydroxylation is 1. The van der Waals surface area contributed by atoms with Crippen molar-refractivity contribution in [3.63, 3.8) is 0 Å². The van der Waals surface area contributed by atoms with E-state index in [0.29, 0.717) is 18.1 Å². The number of thioether (sulfide) groups is 1. The van der Waals surface area contributed by atoms with Crippen molar-refractivity contribution in [1.29, 1.82) is 0 Å². The van der Waals surface area contributed by atoms with Crippen LogP contribution in [-0.4, -0.2) is 32.8 Å².